The van der Waals surface area contributed by atoms with Crippen molar-refractivity contribution in [3.63, 3.8) is 0 Å². The van der Waals surface area contributed by atoms with Crippen LogP contribution in [0.4, 0.5) is 11.4 Å². The van der Waals surface area contributed by atoms with Crippen molar-refractivity contribution in [1.82, 2.24) is 0 Å². The smallest absolute Gasteiger partial charge is 0.120 e. The Kier molecular flexibility index (Phi) is 2.84. The highest BCUT2D eigenvalue weighted by atomic mass is 16.3. The molecular weight excluding hydrogens is 234 g/mol. The number of aromatic hydroxyl groups is 1. The van der Waals surface area contributed by atoms with Gasteiger partial charge in [0.05, 0.1) is 0 Å². The Morgan fingerprint density at radius 1 is 0.895 bits per heavy atom. The quantitative estimate of drug-likeness (QED) is 0.695. The standard InChI is InChI=1S/C17H15NO/c1-12-9-10-14(11-17(12)19)18-16-8-4-6-13-5-2-3-7-15(13)16/h2-11,18-19H,1H3. The van der Waals surface area contributed by atoms with Gasteiger partial charge in [0.25, 0.3) is 0 Å². The summed E-state index contributed by atoms with van der Waals surface area (Å²) in [5, 5.41) is 15.5. The molecule has 0 heterocycles. The molecule has 3 aromatic carbocycles. The lowest BCUT2D eigenvalue weighted by atomic mass is 10.1. The van der Waals surface area contributed by atoms with Crippen LogP contribution in [-0.4, -0.2) is 5.11 Å². The van der Waals surface area contributed by atoms with Crippen LogP contribution in [0.2, 0.25) is 0 Å². The van der Waals surface area contributed by atoms with E-state index in [2.05, 4.69) is 23.5 Å². The van der Waals surface area contributed by atoms with Crippen LogP contribution in [0.1, 0.15) is 5.56 Å². The number of anilines is 2. The van der Waals surface area contributed by atoms with E-state index in [1.165, 1.54) is 10.8 Å². The van der Waals surface area contributed by atoms with Gasteiger partial charge in [-0.15, -0.1) is 0 Å². The minimum atomic E-state index is 0.310. The summed E-state index contributed by atoms with van der Waals surface area (Å²) < 4.78 is 0. The van der Waals surface area contributed by atoms with E-state index in [1.54, 1.807) is 6.07 Å². The topological polar surface area (TPSA) is 32.3 Å². The van der Waals surface area contributed by atoms with Crippen molar-refractivity contribution in [2.75, 3.05) is 5.32 Å². The summed E-state index contributed by atoms with van der Waals surface area (Å²) in [5.41, 5.74) is 2.81. The number of aryl methyl sites for hydroxylation is 1. The summed E-state index contributed by atoms with van der Waals surface area (Å²) in [7, 11) is 0. The average molecular weight is 249 g/mol. The highest BCUT2D eigenvalue weighted by molar-refractivity contribution is 5.95. The Morgan fingerprint density at radius 2 is 1.68 bits per heavy atom. The molecule has 94 valence electrons. The number of nitrogens with one attached hydrogen (secondary N) is 1. The molecule has 0 amide bonds. The fourth-order valence-electron chi connectivity index (χ4n) is 2.18. The largest absolute Gasteiger partial charge is 0.508 e. The molecule has 0 aliphatic carbocycles. The van der Waals surface area contributed by atoms with Crippen molar-refractivity contribution in [3.05, 3.63) is 66.2 Å². The highest BCUT2D eigenvalue weighted by Gasteiger charge is 2.02. The summed E-state index contributed by atoms with van der Waals surface area (Å²) in [5.74, 6) is 0.310. The summed E-state index contributed by atoms with van der Waals surface area (Å²) in [4.78, 5) is 0. The predicted octanol–water partition coefficient (Wildman–Crippen LogP) is 4.60. The molecular formula is C17H15NO. The molecule has 2 nitrogen and oxygen atoms in total. The molecule has 0 aromatic heterocycles. The number of phenols is 1. The number of fused-ring (bicyclic) bond motifs is 1. The predicted molar refractivity (Wildman–Crippen MR) is 80.1 cm³/mol. The fraction of sp³-hybridized carbons (Fsp3) is 0.0588. The Labute approximate surface area is 112 Å². The molecule has 0 aliphatic rings. The molecule has 3 rings (SSSR count). The van der Waals surface area contributed by atoms with Crippen LogP contribution in [0.15, 0.2) is 60.7 Å². The van der Waals surface area contributed by atoms with Crippen molar-refractivity contribution in [3.8, 4) is 5.75 Å². The minimum Gasteiger partial charge on any atom is -0.508 e. The molecule has 0 spiro atoms. The minimum absolute atomic E-state index is 0.310. The third kappa shape index (κ3) is 2.25. The lowest BCUT2D eigenvalue weighted by molar-refractivity contribution is 0.471. The molecule has 2 heteroatoms. The molecule has 19 heavy (non-hydrogen) atoms. The van der Waals surface area contributed by atoms with Crippen LogP contribution >= 0.6 is 0 Å². The highest BCUT2D eigenvalue weighted by Crippen LogP contribution is 2.28. The van der Waals surface area contributed by atoms with E-state index in [0.29, 0.717) is 5.75 Å². The number of hydrogen-bond donors (Lipinski definition) is 2. The Bertz CT molecular complexity index is 729. The molecule has 0 aliphatic heterocycles. The van der Waals surface area contributed by atoms with Gasteiger partial charge in [0.2, 0.25) is 0 Å². The van der Waals surface area contributed by atoms with Crippen LogP contribution < -0.4 is 5.32 Å². The van der Waals surface area contributed by atoms with Crippen LogP contribution in [0, 0.1) is 6.92 Å². The maximum atomic E-state index is 9.75. The van der Waals surface area contributed by atoms with Crippen LogP contribution in [0.25, 0.3) is 10.8 Å². The van der Waals surface area contributed by atoms with E-state index < -0.39 is 0 Å². The first-order valence-electron chi connectivity index (χ1n) is 6.28. The lowest BCUT2D eigenvalue weighted by Crippen LogP contribution is -1.91. The third-order valence-electron chi connectivity index (χ3n) is 3.28. The maximum absolute atomic E-state index is 9.75. The van der Waals surface area contributed by atoms with E-state index in [9.17, 15) is 5.11 Å². The van der Waals surface area contributed by atoms with Crippen molar-refractivity contribution < 1.29 is 5.11 Å². The van der Waals surface area contributed by atoms with E-state index in [0.717, 1.165) is 16.9 Å². The Morgan fingerprint density at radius 3 is 2.53 bits per heavy atom. The zero-order valence-corrected chi connectivity index (χ0v) is 10.7. The fourth-order valence-corrected chi connectivity index (χ4v) is 2.18. The average Bonchev–Trinajstić information content (AvgIpc) is 2.43. The van der Waals surface area contributed by atoms with E-state index >= 15 is 0 Å². The van der Waals surface area contributed by atoms with Crippen LogP contribution in [0.5, 0.6) is 5.75 Å². The molecule has 0 radical (unpaired) electrons. The SMILES string of the molecule is Cc1ccc(Nc2cccc3ccccc23)cc1O. The number of benzene rings is 3. The number of hydrogen-bond acceptors (Lipinski definition) is 2. The van der Waals surface area contributed by atoms with Crippen LogP contribution in [0.3, 0.4) is 0 Å². The van der Waals surface area contributed by atoms with Gasteiger partial charge in [0.15, 0.2) is 0 Å². The van der Waals surface area contributed by atoms with Gasteiger partial charge in [-0.05, 0) is 30.0 Å². The Balaban J connectivity index is 2.03. The molecule has 2 N–H and O–H groups in total. The molecule has 0 bridgehead atoms. The third-order valence-corrected chi connectivity index (χ3v) is 3.28. The van der Waals surface area contributed by atoms with Crippen molar-refractivity contribution >= 4 is 22.1 Å². The molecule has 0 saturated heterocycles. The van der Waals surface area contributed by atoms with E-state index in [-0.39, 0.29) is 0 Å². The second kappa shape index (κ2) is 4.65. The summed E-state index contributed by atoms with van der Waals surface area (Å²) in [6, 6.07) is 20.0. The zero-order chi connectivity index (χ0) is 13.2. The van der Waals surface area contributed by atoms with Crippen LogP contribution in [-0.2, 0) is 0 Å². The Hall–Kier alpha value is -2.48. The normalized spacial score (nSPS) is 10.6. The van der Waals surface area contributed by atoms with Gasteiger partial charge in [0.1, 0.15) is 5.75 Å². The summed E-state index contributed by atoms with van der Waals surface area (Å²) >= 11 is 0. The molecule has 0 fully saturated rings. The zero-order valence-electron chi connectivity index (χ0n) is 10.7. The summed E-state index contributed by atoms with van der Waals surface area (Å²) in [6.45, 7) is 1.89. The second-order valence-corrected chi connectivity index (χ2v) is 4.65. The van der Waals surface area contributed by atoms with Gasteiger partial charge in [-0.2, -0.15) is 0 Å². The molecule has 3 aromatic rings. The van der Waals surface area contributed by atoms with Gasteiger partial charge < -0.3 is 10.4 Å². The van der Waals surface area contributed by atoms with Gasteiger partial charge in [-0.3, -0.25) is 0 Å². The van der Waals surface area contributed by atoms with Crippen molar-refractivity contribution in [1.29, 1.82) is 0 Å². The molecule has 0 unspecified atom stereocenters. The molecule has 0 atom stereocenters. The van der Waals surface area contributed by atoms with Gasteiger partial charge in [-0.25, -0.2) is 0 Å². The van der Waals surface area contributed by atoms with Gasteiger partial charge in [0, 0.05) is 22.8 Å². The summed E-state index contributed by atoms with van der Waals surface area (Å²) in [6.07, 6.45) is 0. The lowest BCUT2D eigenvalue weighted by Gasteiger charge is -2.10. The second-order valence-electron chi connectivity index (χ2n) is 4.65. The first-order chi connectivity index (χ1) is 9.24. The maximum Gasteiger partial charge on any atom is 0.120 e. The monoisotopic (exact) mass is 249 g/mol. The van der Waals surface area contributed by atoms with Gasteiger partial charge >= 0.3 is 0 Å². The van der Waals surface area contributed by atoms with Gasteiger partial charge in [-0.1, -0.05) is 42.5 Å². The van der Waals surface area contributed by atoms with E-state index in [1.807, 2.05) is 43.3 Å². The first-order valence-corrected chi connectivity index (χ1v) is 6.28. The number of rotatable bonds is 2. The number of phenolic OH excluding ortho intramolecular Hbond substituents is 1. The van der Waals surface area contributed by atoms with Crippen molar-refractivity contribution in [2.24, 2.45) is 0 Å². The first kappa shape index (κ1) is 11.6. The molecule has 0 saturated carbocycles. The van der Waals surface area contributed by atoms with Crippen molar-refractivity contribution in [2.45, 2.75) is 6.92 Å². The van der Waals surface area contributed by atoms with E-state index in [4.69, 9.17) is 0 Å².